The third-order valence-corrected chi connectivity index (χ3v) is 6.29. The van der Waals surface area contributed by atoms with Gasteiger partial charge in [0.05, 0.1) is 24.5 Å². The molecular formula is C26H22N2O4S. The van der Waals surface area contributed by atoms with E-state index < -0.39 is 0 Å². The smallest absolute Gasteiger partial charge is 0.373 e. The van der Waals surface area contributed by atoms with E-state index >= 15 is 0 Å². The predicted octanol–water partition coefficient (Wildman–Crippen LogP) is 4.75. The molecule has 166 valence electrons. The molecule has 0 aliphatic carbocycles. The van der Waals surface area contributed by atoms with E-state index in [9.17, 15) is 4.79 Å². The third kappa shape index (κ3) is 5.34. The fraction of sp³-hybridized carbons (Fsp3) is 0.192. The largest absolute Gasteiger partial charge is 0.493 e. The Balaban J connectivity index is 0.000000821. The van der Waals surface area contributed by atoms with Crippen molar-refractivity contribution in [3.63, 3.8) is 0 Å². The molecule has 1 aliphatic heterocycles. The van der Waals surface area contributed by atoms with Crippen molar-refractivity contribution in [1.82, 2.24) is 9.55 Å². The van der Waals surface area contributed by atoms with Gasteiger partial charge in [0.1, 0.15) is 10.8 Å². The van der Waals surface area contributed by atoms with Crippen LogP contribution in [0.1, 0.15) is 32.9 Å². The highest BCUT2D eigenvalue weighted by Gasteiger charge is 2.16. The number of ether oxygens (including phenoxy) is 1. The lowest BCUT2D eigenvalue weighted by Crippen LogP contribution is -2.11. The van der Waals surface area contributed by atoms with Crippen molar-refractivity contribution < 1.29 is 19.1 Å². The van der Waals surface area contributed by atoms with Crippen LogP contribution in [0.3, 0.4) is 0 Å². The van der Waals surface area contributed by atoms with E-state index in [1.807, 2.05) is 60.2 Å². The number of hydrogen-bond acceptors (Lipinski definition) is 6. The summed E-state index contributed by atoms with van der Waals surface area (Å²) in [6.45, 7) is 3.37. The molecule has 5 rings (SSSR count). The van der Waals surface area contributed by atoms with Gasteiger partial charge in [-0.15, -0.1) is 11.3 Å². The summed E-state index contributed by atoms with van der Waals surface area (Å²) in [5, 5.41) is 3.08. The molecule has 0 radical (unpaired) electrons. The Morgan fingerprint density at radius 3 is 2.73 bits per heavy atom. The average Bonchev–Trinajstić information content (AvgIpc) is 3.54. The van der Waals surface area contributed by atoms with E-state index in [1.54, 1.807) is 11.3 Å². The van der Waals surface area contributed by atoms with Crippen molar-refractivity contribution in [3.8, 4) is 16.3 Å². The summed E-state index contributed by atoms with van der Waals surface area (Å²) in [5.74, 6) is 1.11. The molecule has 0 bridgehead atoms. The number of carbonyl (C=O) groups is 1. The number of ketones is 1. The Kier molecular flexibility index (Phi) is 6.93. The highest BCUT2D eigenvalue weighted by atomic mass is 32.1. The highest BCUT2D eigenvalue weighted by molar-refractivity contribution is 7.13. The average molecular weight is 459 g/mol. The maximum Gasteiger partial charge on any atom is 0.373 e. The van der Waals surface area contributed by atoms with Crippen LogP contribution >= 0.6 is 11.3 Å². The number of carbonyl (C=O) groups excluding carboxylic acids is 3. The van der Waals surface area contributed by atoms with Gasteiger partial charge in [-0.25, -0.2) is 4.98 Å². The number of benzene rings is 2. The van der Waals surface area contributed by atoms with E-state index in [2.05, 4.69) is 17.5 Å². The van der Waals surface area contributed by atoms with Gasteiger partial charge in [0.25, 0.3) is 0 Å². The minimum atomic E-state index is 0.128. The molecular weight excluding hydrogens is 436 g/mol. The minimum absolute atomic E-state index is 0.128. The lowest BCUT2D eigenvalue weighted by atomic mass is 10.1. The van der Waals surface area contributed by atoms with Gasteiger partial charge in [-0.1, -0.05) is 30.3 Å². The summed E-state index contributed by atoms with van der Waals surface area (Å²) in [4.78, 5) is 34.0. The maximum absolute atomic E-state index is 12.9. The first-order valence-corrected chi connectivity index (χ1v) is 11.4. The summed E-state index contributed by atoms with van der Waals surface area (Å²) < 4.78 is 7.63. The molecule has 1 aliphatic rings. The van der Waals surface area contributed by atoms with Crippen LogP contribution < -0.4 is 4.74 Å². The van der Waals surface area contributed by atoms with Crippen LogP contribution in [0.2, 0.25) is 0 Å². The lowest BCUT2D eigenvalue weighted by molar-refractivity contribution is -0.191. The number of rotatable bonds is 6. The van der Waals surface area contributed by atoms with Crippen molar-refractivity contribution in [2.45, 2.75) is 26.3 Å². The summed E-state index contributed by atoms with van der Waals surface area (Å²) in [6.07, 6.45) is 3.64. The van der Waals surface area contributed by atoms with Gasteiger partial charge in [0.2, 0.25) is 0 Å². The second kappa shape index (κ2) is 10.2. The van der Waals surface area contributed by atoms with Crippen LogP contribution in [0.15, 0.2) is 66.2 Å². The van der Waals surface area contributed by atoms with E-state index in [0.717, 1.165) is 51.9 Å². The number of aryl methyl sites for hydroxylation is 1. The van der Waals surface area contributed by atoms with Crippen LogP contribution in [0.5, 0.6) is 5.75 Å². The van der Waals surface area contributed by atoms with E-state index in [-0.39, 0.29) is 11.9 Å². The standard InChI is InChI=1S/C25H22N2O2S.CO2/c1-17-11-22(23(28)12-18-5-3-2-4-6-18)27(14-17)15-21-16-30-25(26-21)20-7-8-24-19(13-20)9-10-29-24;2-1-3/h2-8,11,13-14,16H,9-10,12,15H2,1H3;. The number of fused-ring (bicyclic) bond motifs is 1. The number of Topliss-reactive ketones (excluding diaryl/α,β-unsaturated/α-hetero) is 1. The number of aromatic nitrogens is 2. The summed E-state index contributed by atoms with van der Waals surface area (Å²) >= 11 is 1.64. The van der Waals surface area contributed by atoms with Gasteiger partial charge in [0, 0.05) is 30.0 Å². The minimum Gasteiger partial charge on any atom is -0.493 e. The first-order valence-electron chi connectivity index (χ1n) is 10.5. The van der Waals surface area contributed by atoms with Gasteiger partial charge in [-0.3, -0.25) is 4.79 Å². The number of hydrogen-bond donors (Lipinski definition) is 0. The Hall–Kier alpha value is -3.80. The van der Waals surface area contributed by atoms with E-state index in [0.29, 0.717) is 13.0 Å². The molecule has 2 aromatic carbocycles. The van der Waals surface area contributed by atoms with Crippen molar-refractivity contribution in [3.05, 3.63) is 94.3 Å². The maximum atomic E-state index is 12.9. The molecule has 0 amide bonds. The lowest BCUT2D eigenvalue weighted by Gasteiger charge is -2.07. The van der Waals surface area contributed by atoms with Crippen molar-refractivity contribution in [2.75, 3.05) is 6.61 Å². The highest BCUT2D eigenvalue weighted by Crippen LogP contribution is 2.32. The topological polar surface area (TPSA) is 78.3 Å². The SMILES string of the molecule is Cc1cc(C(=O)Cc2ccccc2)n(Cc2csc(-c3ccc4c(c3)CCO4)n2)c1.O=C=O. The molecule has 0 unspecified atom stereocenters. The van der Waals surface area contributed by atoms with Crippen LogP contribution in [0, 0.1) is 6.92 Å². The monoisotopic (exact) mass is 458 g/mol. The van der Waals surface area contributed by atoms with Crippen LogP contribution in [0.4, 0.5) is 0 Å². The summed E-state index contributed by atoms with van der Waals surface area (Å²) in [6, 6.07) is 18.1. The molecule has 0 N–H and O–H groups in total. The van der Waals surface area contributed by atoms with E-state index in [1.165, 1.54) is 5.56 Å². The zero-order valence-corrected chi connectivity index (χ0v) is 18.9. The van der Waals surface area contributed by atoms with Crippen molar-refractivity contribution in [2.24, 2.45) is 0 Å². The van der Waals surface area contributed by atoms with Gasteiger partial charge in [-0.2, -0.15) is 9.59 Å². The zero-order valence-electron chi connectivity index (χ0n) is 18.1. The molecule has 4 aromatic rings. The Morgan fingerprint density at radius 1 is 1.15 bits per heavy atom. The van der Waals surface area contributed by atoms with Gasteiger partial charge in [0.15, 0.2) is 5.78 Å². The molecule has 7 heteroatoms. The van der Waals surface area contributed by atoms with Gasteiger partial charge < -0.3 is 9.30 Å². The second-order valence-electron chi connectivity index (χ2n) is 7.76. The first kappa shape index (κ1) is 22.4. The zero-order chi connectivity index (χ0) is 23.2. The van der Waals surface area contributed by atoms with Gasteiger partial charge >= 0.3 is 6.15 Å². The summed E-state index contributed by atoms with van der Waals surface area (Å²) in [7, 11) is 0. The molecule has 33 heavy (non-hydrogen) atoms. The van der Waals surface area contributed by atoms with Crippen LogP contribution in [-0.2, 0) is 29.0 Å². The Morgan fingerprint density at radius 2 is 1.94 bits per heavy atom. The van der Waals surface area contributed by atoms with E-state index in [4.69, 9.17) is 19.3 Å². The molecule has 2 aromatic heterocycles. The molecule has 0 fully saturated rings. The van der Waals surface area contributed by atoms with Crippen molar-refractivity contribution in [1.29, 1.82) is 0 Å². The van der Waals surface area contributed by atoms with Crippen molar-refractivity contribution >= 4 is 23.3 Å². The Labute approximate surface area is 195 Å². The van der Waals surface area contributed by atoms with Crippen LogP contribution in [-0.4, -0.2) is 28.1 Å². The molecule has 0 spiro atoms. The fourth-order valence-corrected chi connectivity index (χ4v) is 4.71. The van der Waals surface area contributed by atoms with Gasteiger partial charge in [-0.05, 0) is 47.9 Å². The molecule has 0 saturated carbocycles. The molecule has 0 saturated heterocycles. The predicted molar refractivity (Wildman–Crippen MR) is 125 cm³/mol. The number of nitrogens with zero attached hydrogens (tertiary/aromatic N) is 2. The normalized spacial score (nSPS) is 11.7. The quantitative estimate of drug-likeness (QED) is 0.390. The summed E-state index contributed by atoms with van der Waals surface area (Å²) in [5.41, 5.74) is 6.19. The molecule has 6 nitrogen and oxygen atoms in total. The second-order valence-corrected chi connectivity index (χ2v) is 8.62. The van der Waals surface area contributed by atoms with Crippen LogP contribution in [0.25, 0.3) is 10.6 Å². The molecule has 3 heterocycles. The number of thiazole rings is 1. The molecule has 0 atom stereocenters. The fourth-order valence-electron chi connectivity index (χ4n) is 3.90. The third-order valence-electron chi connectivity index (χ3n) is 5.35. The Bertz CT molecular complexity index is 1300. The first-order chi connectivity index (χ1) is 16.1.